The first-order valence-electron chi connectivity index (χ1n) is 13.2. The van der Waals surface area contributed by atoms with Crippen LogP contribution in [0.5, 0.6) is 0 Å². The Bertz CT molecular complexity index is 941. The number of carbonyl (C=O) groups is 1. The third-order valence-corrected chi connectivity index (χ3v) is 8.49. The molecule has 3 saturated carbocycles. The Balaban J connectivity index is 1.71. The normalized spacial score (nSPS) is 34.1. The van der Waals surface area contributed by atoms with E-state index in [-0.39, 0.29) is 12.0 Å². The van der Waals surface area contributed by atoms with Gasteiger partial charge in [-0.1, -0.05) is 55.5 Å². The summed E-state index contributed by atoms with van der Waals surface area (Å²) >= 11 is 0. The molecule has 0 spiro atoms. The molecule has 6 heteroatoms. The minimum atomic E-state index is -1.12. The molecule has 200 valence electrons. The summed E-state index contributed by atoms with van der Waals surface area (Å²) < 4.78 is 10.1. The van der Waals surface area contributed by atoms with Gasteiger partial charge in [0.1, 0.15) is 11.7 Å². The van der Waals surface area contributed by atoms with Crippen molar-refractivity contribution < 1.29 is 29.6 Å². The van der Waals surface area contributed by atoms with Crippen LogP contribution >= 0.6 is 0 Å². The fourth-order valence-corrected chi connectivity index (χ4v) is 6.30. The molecule has 3 aliphatic carbocycles. The Labute approximate surface area is 216 Å². The monoisotopic (exact) mass is 500 g/mol. The lowest BCUT2D eigenvalue weighted by Gasteiger charge is -2.42. The van der Waals surface area contributed by atoms with E-state index >= 15 is 0 Å². The van der Waals surface area contributed by atoms with Crippen LogP contribution in [-0.4, -0.2) is 52.0 Å². The second kappa shape index (κ2) is 11.5. The molecular weight excluding hydrogens is 456 g/mol. The summed E-state index contributed by atoms with van der Waals surface area (Å²) in [4.78, 5) is 11.7. The van der Waals surface area contributed by atoms with Gasteiger partial charge in [-0.3, -0.25) is 0 Å². The van der Waals surface area contributed by atoms with Gasteiger partial charge in [-0.05, 0) is 87.7 Å². The van der Waals surface area contributed by atoms with Crippen molar-refractivity contribution in [3.05, 3.63) is 59.8 Å². The molecule has 6 nitrogen and oxygen atoms in total. The van der Waals surface area contributed by atoms with Crippen LogP contribution in [0.15, 0.2) is 59.8 Å². The van der Waals surface area contributed by atoms with Gasteiger partial charge in [-0.15, -0.1) is 0 Å². The molecule has 6 atom stereocenters. The van der Waals surface area contributed by atoms with Crippen molar-refractivity contribution in [1.29, 1.82) is 0 Å². The number of fused-ring (bicyclic) bond motifs is 1. The van der Waals surface area contributed by atoms with Gasteiger partial charge in [-0.25, -0.2) is 4.79 Å². The first-order valence-corrected chi connectivity index (χ1v) is 13.2. The molecule has 0 aromatic heterocycles. The highest BCUT2D eigenvalue weighted by Gasteiger charge is 2.49. The molecule has 3 fully saturated rings. The molecule has 0 aromatic carbocycles. The lowest BCUT2D eigenvalue weighted by Crippen LogP contribution is -2.40. The third kappa shape index (κ3) is 6.21. The van der Waals surface area contributed by atoms with Crippen LogP contribution in [0.25, 0.3) is 0 Å². The van der Waals surface area contributed by atoms with E-state index < -0.39 is 30.1 Å². The highest BCUT2D eigenvalue weighted by atomic mass is 16.7. The largest absolute Gasteiger partial charge is 0.508 e. The Morgan fingerprint density at radius 1 is 1.28 bits per heavy atom. The van der Waals surface area contributed by atoms with Gasteiger partial charge >= 0.3 is 6.16 Å². The molecule has 0 heterocycles. The van der Waals surface area contributed by atoms with Crippen LogP contribution in [-0.2, 0) is 9.47 Å². The van der Waals surface area contributed by atoms with E-state index in [1.807, 2.05) is 6.08 Å². The number of aliphatic hydroxyl groups is 3. The average molecular weight is 501 g/mol. The van der Waals surface area contributed by atoms with Gasteiger partial charge < -0.3 is 24.8 Å². The molecule has 3 aliphatic rings. The number of allylic oxidation sites excluding steroid dienone is 5. The third-order valence-electron chi connectivity index (χ3n) is 8.49. The van der Waals surface area contributed by atoms with Crippen LogP contribution in [0.1, 0.15) is 72.6 Å². The van der Waals surface area contributed by atoms with Crippen LogP contribution in [0.2, 0.25) is 0 Å². The summed E-state index contributed by atoms with van der Waals surface area (Å²) in [5.41, 5.74) is 3.01. The Hall–Kier alpha value is -2.15. The molecule has 3 N–H and O–H groups in total. The first kappa shape index (κ1) is 28.4. The number of rotatable bonds is 7. The molecule has 0 amide bonds. The van der Waals surface area contributed by atoms with E-state index in [1.54, 1.807) is 26.8 Å². The summed E-state index contributed by atoms with van der Waals surface area (Å²) in [5, 5.41) is 30.9. The van der Waals surface area contributed by atoms with Crippen LogP contribution < -0.4 is 0 Å². The van der Waals surface area contributed by atoms with Gasteiger partial charge in [0.05, 0.1) is 18.8 Å². The van der Waals surface area contributed by atoms with Gasteiger partial charge in [-0.2, -0.15) is 0 Å². The number of hydrogen-bond acceptors (Lipinski definition) is 6. The first-order chi connectivity index (χ1) is 16.9. The second-order valence-corrected chi connectivity index (χ2v) is 11.4. The predicted octanol–water partition coefficient (Wildman–Crippen LogP) is 5.55. The Morgan fingerprint density at radius 3 is 2.69 bits per heavy atom. The van der Waals surface area contributed by atoms with Crippen molar-refractivity contribution in [2.75, 3.05) is 6.61 Å². The minimum Gasteiger partial charge on any atom is -0.435 e. The van der Waals surface area contributed by atoms with Crippen LogP contribution in [0.4, 0.5) is 4.79 Å². The van der Waals surface area contributed by atoms with Gasteiger partial charge in [0.25, 0.3) is 0 Å². The van der Waals surface area contributed by atoms with Crippen molar-refractivity contribution >= 4 is 6.16 Å². The number of aliphatic hydroxyl groups excluding tert-OH is 3. The lowest BCUT2D eigenvalue weighted by molar-refractivity contribution is -0.0656. The molecule has 0 aromatic rings. The SMILES string of the molecule is C=C1/C(=C\C=C2/CCC[C@]3(C)[C@@H](C(=C)/C=C/[C@@H](O)C(C)(C)OC(=O)OCC)CC[C@@H]23)CC(O)CC1O. The summed E-state index contributed by atoms with van der Waals surface area (Å²) in [7, 11) is 0. The number of ether oxygens (including phenoxy) is 2. The topological polar surface area (TPSA) is 96.2 Å². The van der Waals surface area contributed by atoms with E-state index in [1.165, 1.54) is 5.57 Å². The summed E-state index contributed by atoms with van der Waals surface area (Å²) in [5.74, 6) is 0.739. The molecule has 2 unspecified atom stereocenters. The number of hydrogen-bond donors (Lipinski definition) is 3. The fraction of sp³-hybridized carbons (Fsp3) is 0.633. The van der Waals surface area contributed by atoms with Crippen LogP contribution in [0.3, 0.4) is 0 Å². The van der Waals surface area contributed by atoms with E-state index in [0.717, 1.165) is 43.3 Å². The second-order valence-electron chi connectivity index (χ2n) is 11.4. The predicted molar refractivity (Wildman–Crippen MR) is 141 cm³/mol. The zero-order valence-corrected chi connectivity index (χ0v) is 22.3. The Morgan fingerprint density at radius 2 is 2.00 bits per heavy atom. The van der Waals surface area contributed by atoms with E-state index in [4.69, 9.17) is 9.47 Å². The fourth-order valence-electron chi connectivity index (χ4n) is 6.30. The van der Waals surface area contributed by atoms with E-state index in [9.17, 15) is 20.1 Å². The quantitative estimate of drug-likeness (QED) is 0.313. The van der Waals surface area contributed by atoms with E-state index in [2.05, 4.69) is 32.2 Å². The number of carbonyl (C=O) groups excluding carboxylic acids is 1. The van der Waals surface area contributed by atoms with Crippen molar-refractivity contribution in [3.8, 4) is 0 Å². The summed E-state index contributed by atoms with van der Waals surface area (Å²) in [6.45, 7) is 16.0. The maximum absolute atomic E-state index is 11.7. The highest BCUT2D eigenvalue weighted by Crippen LogP contribution is 2.59. The minimum absolute atomic E-state index is 0.0779. The van der Waals surface area contributed by atoms with Gasteiger partial charge in [0, 0.05) is 6.42 Å². The zero-order valence-electron chi connectivity index (χ0n) is 22.3. The Kier molecular flexibility index (Phi) is 9.07. The molecule has 0 radical (unpaired) electrons. The highest BCUT2D eigenvalue weighted by molar-refractivity contribution is 5.60. The smallest absolute Gasteiger partial charge is 0.435 e. The lowest BCUT2D eigenvalue weighted by atomic mass is 9.62. The molecule has 0 saturated heterocycles. The summed E-state index contributed by atoms with van der Waals surface area (Å²) in [6.07, 6.45) is 11.1. The van der Waals surface area contributed by atoms with Gasteiger partial charge in [0.15, 0.2) is 0 Å². The van der Waals surface area contributed by atoms with Crippen molar-refractivity contribution in [2.24, 2.45) is 17.3 Å². The van der Waals surface area contributed by atoms with Crippen molar-refractivity contribution in [2.45, 2.75) is 96.6 Å². The van der Waals surface area contributed by atoms with Crippen LogP contribution in [0, 0.1) is 17.3 Å². The van der Waals surface area contributed by atoms with Gasteiger partial charge in [0.2, 0.25) is 0 Å². The molecule has 36 heavy (non-hydrogen) atoms. The maximum Gasteiger partial charge on any atom is 0.508 e. The molecule has 0 aliphatic heterocycles. The summed E-state index contributed by atoms with van der Waals surface area (Å²) in [6, 6.07) is 0. The standard InChI is InChI=1S/C30H44O6/c1-7-35-28(34)36-29(4,5)27(33)15-10-19(2)24-13-14-25-21(9-8-16-30(24,25)6)11-12-22-17-23(31)18-26(32)20(22)3/h10-12,15,23-27,31-33H,2-3,7-9,13-14,16-18H2,1,4-6H3/b15-10+,21-11+,22-12-/t23?,24-,25+,26?,27-,30-/m1/s1. The molecule has 0 bridgehead atoms. The zero-order chi connectivity index (χ0) is 26.7. The van der Waals surface area contributed by atoms with E-state index in [0.29, 0.717) is 30.3 Å². The maximum atomic E-state index is 11.7. The average Bonchev–Trinajstić information content (AvgIpc) is 3.16. The molecule has 3 rings (SSSR count). The molecular formula is C30H44O6. The van der Waals surface area contributed by atoms with Crippen molar-refractivity contribution in [3.63, 3.8) is 0 Å². The van der Waals surface area contributed by atoms with Crippen molar-refractivity contribution in [1.82, 2.24) is 0 Å².